The molecule has 0 aliphatic rings. The lowest BCUT2D eigenvalue weighted by molar-refractivity contribution is -0.138. The van der Waals surface area contributed by atoms with Crippen LogP contribution in [0.3, 0.4) is 0 Å². The zero-order valence-electron chi connectivity index (χ0n) is 14.1. The van der Waals surface area contributed by atoms with Crippen LogP contribution < -0.4 is 0 Å². The molecule has 0 radical (unpaired) electrons. The van der Waals surface area contributed by atoms with Gasteiger partial charge in [0.05, 0.1) is 23.3 Å². The van der Waals surface area contributed by atoms with Crippen LogP contribution in [0.1, 0.15) is 24.7 Å². The van der Waals surface area contributed by atoms with Gasteiger partial charge in [-0.1, -0.05) is 12.1 Å². The SMILES string of the molecule is CCOC(=O)C(CCO)=C(c1ccc(S(C)(=O)=O)cc1)c1ccco1. The quantitative estimate of drug-likeness (QED) is 0.599. The highest BCUT2D eigenvalue weighted by atomic mass is 32.2. The third-order valence-corrected chi connectivity index (χ3v) is 4.65. The predicted octanol–water partition coefficient (Wildman–Crippen LogP) is 2.43. The number of ether oxygens (including phenoxy) is 1. The summed E-state index contributed by atoms with van der Waals surface area (Å²) in [6.07, 6.45) is 2.69. The van der Waals surface area contributed by atoms with Crippen molar-refractivity contribution in [1.82, 2.24) is 0 Å². The van der Waals surface area contributed by atoms with Crippen molar-refractivity contribution >= 4 is 21.4 Å². The van der Waals surface area contributed by atoms with Gasteiger partial charge in [-0.15, -0.1) is 0 Å². The van der Waals surface area contributed by atoms with Crippen LogP contribution in [-0.2, 0) is 19.4 Å². The van der Waals surface area contributed by atoms with Crippen molar-refractivity contribution in [3.63, 3.8) is 0 Å². The maximum atomic E-state index is 12.3. The van der Waals surface area contributed by atoms with E-state index >= 15 is 0 Å². The van der Waals surface area contributed by atoms with Crippen molar-refractivity contribution in [3.05, 3.63) is 59.6 Å². The zero-order valence-corrected chi connectivity index (χ0v) is 14.9. The van der Waals surface area contributed by atoms with Crippen LogP contribution >= 0.6 is 0 Å². The standard InChI is InChI=1S/C18H20O6S/c1-3-23-18(20)15(10-11-19)17(16-5-4-12-24-16)13-6-8-14(9-7-13)25(2,21)22/h4-9,12,19H,3,10-11H2,1-2H3. The Bertz CT molecular complexity index is 845. The van der Waals surface area contributed by atoms with Crippen LogP contribution in [0.25, 0.3) is 5.57 Å². The van der Waals surface area contributed by atoms with Crippen LogP contribution in [0.2, 0.25) is 0 Å². The Hall–Kier alpha value is -2.38. The third kappa shape index (κ3) is 4.58. The molecule has 1 aromatic carbocycles. The number of hydrogen-bond donors (Lipinski definition) is 1. The molecule has 0 saturated carbocycles. The van der Waals surface area contributed by atoms with Gasteiger partial charge < -0.3 is 14.3 Å². The van der Waals surface area contributed by atoms with E-state index in [0.29, 0.717) is 16.9 Å². The van der Waals surface area contributed by atoms with Crippen molar-refractivity contribution in [3.8, 4) is 0 Å². The maximum Gasteiger partial charge on any atom is 0.334 e. The maximum absolute atomic E-state index is 12.3. The Labute approximate surface area is 146 Å². The molecule has 25 heavy (non-hydrogen) atoms. The van der Waals surface area contributed by atoms with E-state index in [1.807, 2.05) is 0 Å². The van der Waals surface area contributed by atoms with Gasteiger partial charge in [-0.25, -0.2) is 13.2 Å². The van der Waals surface area contributed by atoms with E-state index < -0.39 is 15.8 Å². The molecule has 0 aliphatic carbocycles. The number of aliphatic hydroxyl groups is 1. The number of aliphatic hydroxyl groups excluding tert-OH is 1. The molecule has 0 amide bonds. The van der Waals surface area contributed by atoms with E-state index in [-0.39, 0.29) is 30.1 Å². The Morgan fingerprint density at radius 1 is 1.20 bits per heavy atom. The Kier molecular flexibility index (Phi) is 6.17. The molecule has 6 nitrogen and oxygen atoms in total. The third-order valence-electron chi connectivity index (χ3n) is 3.52. The molecular weight excluding hydrogens is 344 g/mol. The summed E-state index contributed by atoms with van der Waals surface area (Å²) >= 11 is 0. The second kappa shape index (κ2) is 8.13. The predicted molar refractivity (Wildman–Crippen MR) is 92.6 cm³/mol. The second-order valence-corrected chi connectivity index (χ2v) is 7.34. The summed E-state index contributed by atoms with van der Waals surface area (Å²) in [6, 6.07) is 9.51. The number of benzene rings is 1. The number of hydrogen-bond acceptors (Lipinski definition) is 6. The van der Waals surface area contributed by atoms with Crippen LogP contribution in [0.4, 0.5) is 0 Å². The molecule has 7 heteroatoms. The van der Waals surface area contributed by atoms with Gasteiger partial charge in [0.15, 0.2) is 9.84 Å². The highest BCUT2D eigenvalue weighted by Gasteiger charge is 2.21. The van der Waals surface area contributed by atoms with Crippen molar-refractivity contribution in [2.24, 2.45) is 0 Å². The van der Waals surface area contributed by atoms with E-state index in [0.717, 1.165) is 6.26 Å². The van der Waals surface area contributed by atoms with Crippen LogP contribution in [0.5, 0.6) is 0 Å². The minimum Gasteiger partial charge on any atom is -0.464 e. The average molecular weight is 364 g/mol. The molecule has 0 aliphatic heterocycles. The fourth-order valence-corrected chi connectivity index (χ4v) is 3.04. The summed E-state index contributed by atoms with van der Waals surface area (Å²) in [4.78, 5) is 12.5. The van der Waals surface area contributed by atoms with E-state index in [9.17, 15) is 18.3 Å². The molecule has 1 N–H and O–H groups in total. The lowest BCUT2D eigenvalue weighted by Gasteiger charge is -2.13. The highest BCUT2D eigenvalue weighted by molar-refractivity contribution is 7.90. The molecule has 0 atom stereocenters. The molecule has 2 aromatic rings. The first kappa shape index (κ1) is 19.0. The fraction of sp³-hybridized carbons (Fsp3) is 0.278. The summed E-state index contributed by atoms with van der Waals surface area (Å²) in [6.45, 7) is 1.66. The van der Waals surface area contributed by atoms with Gasteiger partial charge in [0.1, 0.15) is 5.76 Å². The normalized spacial score (nSPS) is 12.6. The van der Waals surface area contributed by atoms with Gasteiger partial charge >= 0.3 is 5.97 Å². The van der Waals surface area contributed by atoms with Gasteiger partial charge in [-0.05, 0) is 36.8 Å². The molecule has 1 aromatic heterocycles. The largest absolute Gasteiger partial charge is 0.464 e. The molecule has 2 rings (SSSR count). The topological polar surface area (TPSA) is 93.8 Å². The first-order valence-electron chi connectivity index (χ1n) is 7.74. The number of sulfone groups is 1. The molecule has 0 spiro atoms. The van der Waals surface area contributed by atoms with E-state index in [2.05, 4.69) is 0 Å². The number of carbonyl (C=O) groups is 1. The number of esters is 1. The average Bonchev–Trinajstić information content (AvgIpc) is 3.08. The minimum atomic E-state index is -3.33. The summed E-state index contributed by atoms with van der Waals surface area (Å²) in [7, 11) is -3.33. The van der Waals surface area contributed by atoms with Crippen molar-refractivity contribution in [2.45, 2.75) is 18.2 Å². The zero-order chi connectivity index (χ0) is 18.4. The van der Waals surface area contributed by atoms with E-state index in [1.54, 1.807) is 31.2 Å². The summed E-state index contributed by atoms with van der Waals surface area (Å²) in [5.74, 6) is -0.112. The van der Waals surface area contributed by atoms with Gasteiger partial charge in [0.25, 0.3) is 0 Å². The van der Waals surface area contributed by atoms with Gasteiger partial charge in [-0.2, -0.15) is 0 Å². The van der Waals surface area contributed by atoms with Crippen LogP contribution in [0, 0.1) is 0 Å². The Morgan fingerprint density at radius 3 is 2.36 bits per heavy atom. The number of rotatable bonds is 7. The van der Waals surface area contributed by atoms with E-state index in [4.69, 9.17) is 9.15 Å². The highest BCUT2D eigenvalue weighted by Crippen LogP contribution is 2.30. The Morgan fingerprint density at radius 2 is 1.88 bits per heavy atom. The van der Waals surface area contributed by atoms with Gasteiger partial charge in [-0.3, -0.25) is 0 Å². The minimum absolute atomic E-state index is 0.0860. The summed E-state index contributed by atoms with van der Waals surface area (Å²) in [5, 5.41) is 9.35. The van der Waals surface area contributed by atoms with Gasteiger partial charge in [0.2, 0.25) is 0 Å². The second-order valence-electron chi connectivity index (χ2n) is 5.32. The van der Waals surface area contributed by atoms with Crippen molar-refractivity contribution < 1.29 is 27.5 Å². The number of furan rings is 1. The lowest BCUT2D eigenvalue weighted by Crippen LogP contribution is -2.12. The van der Waals surface area contributed by atoms with Crippen LogP contribution in [0.15, 0.2) is 57.5 Å². The molecule has 0 bridgehead atoms. The first-order chi connectivity index (χ1) is 11.9. The van der Waals surface area contributed by atoms with Crippen molar-refractivity contribution in [1.29, 1.82) is 0 Å². The van der Waals surface area contributed by atoms with Crippen LogP contribution in [-0.4, -0.2) is 39.0 Å². The number of carbonyl (C=O) groups excluding carboxylic acids is 1. The Balaban J connectivity index is 2.63. The molecule has 0 fully saturated rings. The first-order valence-corrected chi connectivity index (χ1v) is 9.63. The van der Waals surface area contributed by atoms with Crippen molar-refractivity contribution in [2.75, 3.05) is 19.5 Å². The van der Waals surface area contributed by atoms with E-state index in [1.165, 1.54) is 18.4 Å². The fourth-order valence-electron chi connectivity index (χ4n) is 2.41. The summed E-state index contributed by atoms with van der Waals surface area (Å²) < 4.78 is 33.8. The molecule has 0 unspecified atom stereocenters. The molecule has 1 heterocycles. The molecular formula is C18H20O6S. The summed E-state index contributed by atoms with van der Waals surface area (Å²) in [5.41, 5.74) is 1.34. The lowest BCUT2D eigenvalue weighted by atomic mass is 9.96. The molecule has 0 saturated heterocycles. The van der Waals surface area contributed by atoms with Gasteiger partial charge in [0, 0.05) is 24.9 Å². The monoisotopic (exact) mass is 364 g/mol. The molecule has 134 valence electrons. The smallest absolute Gasteiger partial charge is 0.334 e.